The van der Waals surface area contributed by atoms with Gasteiger partial charge < -0.3 is 14.2 Å². The number of benzene rings is 2. The molecule has 0 N–H and O–H groups in total. The minimum absolute atomic E-state index is 0.152. The van der Waals surface area contributed by atoms with Crippen LogP contribution in [0.4, 0.5) is 10.1 Å². The molecule has 1 aliphatic heterocycles. The van der Waals surface area contributed by atoms with Gasteiger partial charge in [0.15, 0.2) is 11.5 Å². The van der Waals surface area contributed by atoms with Gasteiger partial charge in [0.2, 0.25) is 0 Å². The van der Waals surface area contributed by atoms with Gasteiger partial charge in [-0.2, -0.15) is 0 Å². The summed E-state index contributed by atoms with van der Waals surface area (Å²) in [6.07, 6.45) is 1.60. The van der Waals surface area contributed by atoms with E-state index in [2.05, 4.69) is 0 Å². The molecule has 6 nitrogen and oxygen atoms in total. The fraction of sp³-hybridized carbons (Fsp3) is 0.217. The first-order valence-corrected chi connectivity index (χ1v) is 9.33. The number of ether oxygens (including phenoxy) is 3. The Bertz CT molecular complexity index is 1040. The number of amides is 1. The molecule has 0 unspecified atom stereocenters. The molecule has 30 heavy (non-hydrogen) atoms. The molecule has 0 bridgehead atoms. The van der Waals surface area contributed by atoms with Gasteiger partial charge >= 0.3 is 5.97 Å². The van der Waals surface area contributed by atoms with Crippen LogP contribution in [0.5, 0.6) is 11.5 Å². The van der Waals surface area contributed by atoms with E-state index in [1.807, 2.05) is 6.92 Å². The van der Waals surface area contributed by atoms with Crippen LogP contribution in [0, 0.1) is 5.82 Å². The van der Waals surface area contributed by atoms with E-state index in [9.17, 15) is 14.0 Å². The summed E-state index contributed by atoms with van der Waals surface area (Å²) in [7, 11) is 2.78. The molecule has 0 spiro atoms. The molecule has 1 heterocycles. The van der Waals surface area contributed by atoms with Gasteiger partial charge in [-0.25, -0.2) is 9.18 Å². The van der Waals surface area contributed by atoms with Crippen molar-refractivity contribution in [1.29, 1.82) is 0 Å². The van der Waals surface area contributed by atoms with Crippen LogP contribution in [0.3, 0.4) is 0 Å². The fourth-order valence-electron chi connectivity index (χ4n) is 3.30. The van der Waals surface area contributed by atoms with Crippen LogP contribution in [0.1, 0.15) is 19.4 Å². The minimum Gasteiger partial charge on any atom is -0.493 e. The van der Waals surface area contributed by atoms with Crippen molar-refractivity contribution in [2.45, 2.75) is 13.8 Å². The summed E-state index contributed by atoms with van der Waals surface area (Å²) >= 11 is 0. The first kappa shape index (κ1) is 21.1. The molecule has 3 rings (SSSR count). The summed E-state index contributed by atoms with van der Waals surface area (Å²) in [5, 5.41) is 0. The van der Waals surface area contributed by atoms with Gasteiger partial charge in [0, 0.05) is 11.4 Å². The third-order valence-corrected chi connectivity index (χ3v) is 4.67. The van der Waals surface area contributed by atoms with Crippen LogP contribution in [-0.2, 0) is 14.3 Å². The van der Waals surface area contributed by atoms with Gasteiger partial charge in [-0.05, 0) is 61.9 Å². The summed E-state index contributed by atoms with van der Waals surface area (Å²) in [5.74, 6) is -0.375. The third kappa shape index (κ3) is 3.91. The molecule has 2 aromatic carbocycles. The Balaban J connectivity index is 2.09. The fourth-order valence-corrected chi connectivity index (χ4v) is 3.30. The van der Waals surface area contributed by atoms with E-state index in [-0.39, 0.29) is 11.1 Å². The number of nitrogens with zero attached hydrogens (tertiary/aromatic N) is 1. The first-order valence-electron chi connectivity index (χ1n) is 9.33. The van der Waals surface area contributed by atoms with Gasteiger partial charge in [-0.15, -0.1) is 0 Å². The highest BCUT2D eigenvalue weighted by Gasteiger charge is 2.37. The Labute approximate surface area is 174 Å². The molecule has 0 saturated heterocycles. The highest BCUT2D eigenvalue weighted by Crippen LogP contribution is 2.36. The number of rotatable bonds is 6. The van der Waals surface area contributed by atoms with E-state index in [1.165, 1.54) is 43.4 Å². The SMILES string of the molecule is CCOc1ccc(/C=C2\C(=O)N(c3ccc(F)cc3)C(C)=C2C(=O)OC)cc1OC. The van der Waals surface area contributed by atoms with E-state index in [0.717, 1.165) is 0 Å². The van der Waals surface area contributed by atoms with Crippen molar-refractivity contribution in [2.24, 2.45) is 0 Å². The Morgan fingerprint density at radius 3 is 2.40 bits per heavy atom. The summed E-state index contributed by atoms with van der Waals surface area (Å²) in [4.78, 5) is 27.0. The maximum atomic E-state index is 13.3. The number of hydrogen-bond donors (Lipinski definition) is 0. The quantitative estimate of drug-likeness (QED) is 0.529. The van der Waals surface area contributed by atoms with Crippen molar-refractivity contribution in [3.8, 4) is 11.5 Å². The minimum atomic E-state index is -0.630. The summed E-state index contributed by atoms with van der Waals surface area (Å²) < 4.78 is 29.1. The number of esters is 1. The summed E-state index contributed by atoms with van der Waals surface area (Å²) in [6.45, 7) is 4.00. The van der Waals surface area contributed by atoms with Crippen LogP contribution in [0.2, 0.25) is 0 Å². The number of allylic oxidation sites excluding steroid dienone is 1. The molecule has 156 valence electrons. The molecule has 2 aromatic rings. The highest BCUT2D eigenvalue weighted by molar-refractivity contribution is 6.23. The van der Waals surface area contributed by atoms with Crippen molar-refractivity contribution in [1.82, 2.24) is 0 Å². The molecular weight excluding hydrogens is 389 g/mol. The topological polar surface area (TPSA) is 65.1 Å². The second kappa shape index (κ2) is 8.82. The van der Waals surface area contributed by atoms with Crippen LogP contribution in [-0.4, -0.2) is 32.7 Å². The number of halogens is 1. The monoisotopic (exact) mass is 411 g/mol. The highest BCUT2D eigenvalue weighted by atomic mass is 19.1. The number of methoxy groups -OCH3 is 2. The molecule has 7 heteroatoms. The maximum absolute atomic E-state index is 13.3. The standard InChI is InChI=1S/C23H22FNO5/c1-5-30-19-11-6-15(13-20(19)28-3)12-18-21(23(27)29-4)14(2)25(22(18)26)17-9-7-16(24)8-10-17/h6-13H,5H2,1-4H3/b18-12-. The van der Waals surface area contributed by atoms with Crippen LogP contribution in [0.25, 0.3) is 6.08 Å². The Hall–Kier alpha value is -3.61. The second-order valence-corrected chi connectivity index (χ2v) is 6.47. The zero-order valence-electron chi connectivity index (χ0n) is 17.2. The Morgan fingerprint density at radius 2 is 1.80 bits per heavy atom. The van der Waals surface area contributed by atoms with Gasteiger partial charge in [0.05, 0.1) is 32.0 Å². The zero-order chi connectivity index (χ0) is 21.8. The Morgan fingerprint density at radius 1 is 1.10 bits per heavy atom. The summed E-state index contributed by atoms with van der Waals surface area (Å²) in [5.41, 5.74) is 1.83. The van der Waals surface area contributed by atoms with E-state index in [1.54, 1.807) is 31.2 Å². The lowest BCUT2D eigenvalue weighted by Gasteiger charge is -2.17. The number of carbonyl (C=O) groups is 2. The molecule has 0 radical (unpaired) electrons. The lowest BCUT2D eigenvalue weighted by atomic mass is 10.0. The van der Waals surface area contributed by atoms with E-state index in [4.69, 9.17) is 14.2 Å². The molecule has 0 atom stereocenters. The van der Waals surface area contributed by atoms with E-state index >= 15 is 0 Å². The number of hydrogen-bond acceptors (Lipinski definition) is 5. The average molecular weight is 411 g/mol. The lowest BCUT2D eigenvalue weighted by Crippen LogP contribution is -2.24. The van der Waals surface area contributed by atoms with Crippen molar-refractivity contribution in [2.75, 3.05) is 25.7 Å². The largest absolute Gasteiger partial charge is 0.493 e. The van der Waals surface area contributed by atoms with Gasteiger partial charge in [-0.3, -0.25) is 9.69 Å². The van der Waals surface area contributed by atoms with Gasteiger partial charge in [0.1, 0.15) is 5.82 Å². The number of carbonyl (C=O) groups excluding carboxylic acids is 2. The maximum Gasteiger partial charge on any atom is 0.340 e. The average Bonchev–Trinajstić information content (AvgIpc) is 2.99. The van der Waals surface area contributed by atoms with Crippen molar-refractivity contribution < 1.29 is 28.2 Å². The van der Waals surface area contributed by atoms with Gasteiger partial charge in [0.25, 0.3) is 5.91 Å². The van der Waals surface area contributed by atoms with Crippen LogP contribution >= 0.6 is 0 Å². The molecule has 1 amide bonds. The smallest absolute Gasteiger partial charge is 0.340 e. The number of anilines is 1. The second-order valence-electron chi connectivity index (χ2n) is 6.47. The van der Waals surface area contributed by atoms with Gasteiger partial charge in [-0.1, -0.05) is 6.07 Å². The first-order chi connectivity index (χ1) is 14.4. The van der Waals surface area contributed by atoms with E-state index < -0.39 is 17.7 Å². The van der Waals surface area contributed by atoms with Crippen molar-refractivity contribution in [3.05, 3.63) is 70.7 Å². The Kier molecular flexibility index (Phi) is 6.20. The van der Waals surface area contributed by atoms with Crippen LogP contribution in [0.15, 0.2) is 59.3 Å². The molecular formula is C23H22FNO5. The molecule has 0 saturated carbocycles. The van der Waals surface area contributed by atoms with E-state index in [0.29, 0.717) is 35.1 Å². The third-order valence-electron chi connectivity index (χ3n) is 4.67. The molecule has 0 aromatic heterocycles. The summed E-state index contributed by atoms with van der Waals surface area (Å²) in [6, 6.07) is 10.7. The van der Waals surface area contributed by atoms with Crippen molar-refractivity contribution in [3.63, 3.8) is 0 Å². The van der Waals surface area contributed by atoms with Crippen LogP contribution < -0.4 is 14.4 Å². The lowest BCUT2D eigenvalue weighted by molar-refractivity contribution is -0.136. The molecule has 0 fully saturated rings. The predicted octanol–water partition coefficient (Wildman–Crippen LogP) is 4.11. The van der Waals surface area contributed by atoms with Crippen molar-refractivity contribution >= 4 is 23.6 Å². The molecule has 0 aliphatic carbocycles. The predicted molar refractivity (Wildman–Crippen MR) is 111 cm³/mol. The zero-order valence-corrected chi connectivity index (χ0v) is 17.2. The normalized spacial score (nSPS) is 15.0. The molecule has 1 aliphatic rings.